The number of aromatic nitrogens is 1. The minimum Gasteiger partial charge on any atom is -0.493 e. The SMILES string of the molecule is CC/C=C1\N(C(=O)c2ncccc2C(F)(F)F)CCC[C@@]1(Oc1csc(C(F)(F)F)c1)C(=O)N1CC=C(c2ccccc2OCCC(C)(C)C(=O)O)CC1. The number of rotatable bonds is 11. The van der Waals surface area contributed by atoms with Gasteiger partial charge in [0.05, 0.1) is 23.3 Å². The van der Waals surface area contributed by atoms with Gasteiger partial charge in [0.15, 0.2) is 0 Å². The van der Waals surface area contributed by atoms with Gasteiger partial charge in [-0.15, -0.1) is 11.3 Å². The van der Waals surface area contributed by atoms with E-state index in [-0.39, 0.29) is 63.4 Å². The van der Waals surface area contributed by atoms with Gasteiger partial charge in [0.1, 0.15) is 22.1 Å². The van der Waals surface area contributed by atoms with Gasteiger partial charge in [0, 0.05) is 49.3 Å². The van der Waals surface area contributed by atoms with E-state index in [1.807, 2.05) is 12.1 Å². The fourth-order valence-electron chi connectivity index (χ4n) is 6.38. The van der Waals surface area contributed by atoms with E-state index in [4.69, 9.17) is 9.47 Å². The maximum Gasteiger partial charge on any atom is 0.425 e. The summed E-state index contributed by atoms with van der Waals surface area (Å²) in [6, 6.07) is 9.70. The van der Waals surface area contributed by atoms with Crippen LogP contribution in [0.5, 0.6) is 11.5 Å². The Labute approximate surface area is 311 Å². The van der Waals surface area contributed by atoms with Crippen LogP contribution in [0.3, 0.4) is 0 Å². The third kappa shape index (κ3) is 8.58. The second-order valence-electron chi connectivity index (χ2n) is 13.5. The summed E-state index contributed by atoms with van der Waals surface area (Å²) in [7, 11) is 0. The number of carboxylic acids is 1. The largest absolute Gasteiger partial charge is 0.493 e. The number of carbonyl (C=O) groups is 3. The number of halogens is 6. The van der Waals surface area contributed by atoms with Gasteiger partial charge in [0.2, 0.25) is 5.60 Å². The Morgan fingerprint density at radius 2 is 1.78 bits per heavy atom. The molecule has 9 nitrogen and oxygen atoms in total. The third-order valence-corrected chi connectivity index (χ3v) is 10.3. The molecule has 0 saturated carbocycles. The number of amides is 2. The zero-order chi connectivity index (χ0) is 39.5. The predicted molar refractivity (Wildman–Crippen MR) is 188 cm³/mol. The number of carboxylic acid groups (broad SMARTS) is 1. The molecule has 2 aliphatic heterocycles. The lowest BCUT2D eigenvalue weighted by Gasteiger charge is -2.46. The maximum absolute atomic E-state index is 14.8. The van der Waals surface area contributed by atoms with Crippen LogP contribution in [0.1, 0.15) is 79.4 Å². The summed E-state index contributed by atoms with van der Waals surface area (Å²) in [5.74, 6) is -2.52. The standard InChI is InChI=1S/C38H39F6N3O6S/c1-4-9-29-36(53-25-22-30(54-23-25)38(42,43)44,15-8-18-47(29)32(48)31-27(37(39,40)41)11-7-17-45-31)33(49)46-19-13-24(14-20-46)26-10-5-6-12-28(26)52-21-16-35(2,3)34(50)51/h5-7,9-13,17,22-23H,4,8,14-16,18-21H2,1-3H3,(H,50,51)/b29-9-/t36-/m0/s1. The highest BCUT2D eigenvalue weighted by atomic mass is 32.1. The summed E-state index contributed by atoms with van der Waals surface area (Å²) in [6.45, 7) is 5.08. The number of alkyl halides is 6. The molecule has 1 fully saturated rings. The molecule has 2 aliphatic rings. The molecule has 0 radical (unpaired) electrons. The van der Waals surface area contributed by atoms with Crippen molar-refractivity contribution in [3.8, 4) is 11.5 Å². The first kappa shape index (κ1) is 40.3. The summed E-state index contributed by atoms with van der Waals surface area (Å²) in [5, 5.41) is 10.6. The van der Waals surface area contributed by atoms with Crippen molar-refractivity contribution in [1.29, 1.82) is 0 Å². The number of benzene rings is 1. The number of ether oxygens (including phenoxy) is 2. The van der Waals surface area contributed by atoms with Gasteiger partial charge in [-0.05, 0) is 63.3 Å². The quantitative estimate of drug-likeness (QED) is 0.194. The fraction of sp³-hybridized carbons (Fsp3) is 0.421. The minimum absolute atomic E-state index is 0.0307. The first-order valence-electron chi connectivity index (χ1n) is 17.2. The highest BCUT2D eigenvalue weighted by Gasteiger charge is 2.53. The number of hydrogen-bond donors (Lipinski definition) is 1. The second kappa shape index (κ2) is 15.9. The van der Waals surface area contributed by atoms with Crippen LogP contribution in [0.15, 0.2) is 71.9 Å². The smallest absolute Gasteiger partial charge is 0.425 e. The van der Waals surface area contributed by atoms with E-state index >= 15 is 0 Å². The van der Waals surface area contributed by atoms with E-state index in [2.05, 4.69) is 4.98 Å². The number of carbonyl (C=O) groups excluding carboxylic acids is 2. The number of allylic oxidation sites excluding steroid dienone is 1. The van der Waals surface area contributed by atoms with Crippen molar-refractivity contribution in [2.45, 2.75) is 70.8 Å². The number of thiophene rings is 1. The molecule has 3 aromatic rings. The molecule has 1 aromatic carbocycles. The Bertz CT molecular complexity index is 1940. The number of para-hydroxylation sites is 1. The van der Waals surface area contributed by atoms with E-state index in [9.17, 15) is 45.8 Å². The molecule has 4 heterocycles. The molecular weight excluding hydrogens is 740 g/mol. The molecule has 1 saturated heterocycles. The Balaban J connectivity index is 1.49. The molecule has 2 aromatic heterocycles. The molecule has 0 aliphatic carbocycles. The van der Waals surface area contributed by atoms with E-state index in [1.54, 1.807) is 39.0 Å². The summed E-state index contributed by atoms with van der Waals surface area (Å²) < 4.78 is 95.2. The van der Waals surface area contributed by atoms with Crippen molar-refractivity contribution >= 4 is 34.7 Å². The van der Waals surface area contributed by atoms with Crippen LogP contribution in [-0.4, -0.2) is 69.5 Å². The summed E-state index contributed by atoms with van der Waals surface area (Å²) in [5.41, 5.74) is -3.76. The molecule has 5 rings (SSSR count). The Morgan fingerprint density at radius 3 is 2.41 bits per heavy atom. The summed E-state index contributed by atoms with van der Waals surface area (Å²) in [6.07, 6.45) is -4.54. The topological polar surface area (TPSA) is 109 Å². The number of aliphatic carboxylic acids is 1. The average molecular weight is 780 g/mol. The molecule has 54 heavy (non-hydrogen) atoms. The van der Waals surface area contributed by atoms with Gasteiger partial charge >= 0.3 is 18.3 Å². The van der Waals surface area contributed by atoms with E-state index in [0.29, 0.717) is 23.5 Å². The molecular formula is C38H39F6N3O6S. The van der Waals surface area contributed by atoms with E-state index in [1.165, 1.54) is 11.0 Å². The van der Waals surface area contributed by atoms with Gasteiger partial charge < -0.3 is 24.4 Å². The van der Waals surface area contributed by atoms with Gasteiger partial charge in [0.25, 0.3) is 11.8 Å². The molecule has 16 heteroatoms. The number of pyridine rings is 1. The van der Waals surface area contributed by atoms with Crippen molar-refractivity contribution in [1.82, 2.24) is 14.8 Å². The zero-order valence-corrected chi connectivity index (χ0v) is 30.5. The fourth-order valence-corrected chi connectivity index (χ4v) is 7.06. The van der Waals surface area contributed by atoms with Crippen LogP contribution in [0.4, 0.5) is 26.3 Å². The molecule has 1 N–H and O–H groups in total. The Morgan fingerprint density at radius 1 is 1.04 bits per heavy atom. The van der Waals surface area contributed by atoms with Crippen molar-refractivity contribution in [2.75, 3.05) is 26.2 Å². The third-order valence-electron chi connectivity index (χ3n) is 9.36. The van der Waals surface area contributed by atoms with E-state index in [0.717, 1.165) is 45.8 Å². The van der Waals surface area contributed by atoms with Crippen molar-refractivity contribution < 1.29 is 55.3 Å². The van der Waals surface area contributed by atoms with E-state index < -0.39 is 57.3 Å². The highest BCUT2D eigenvalue weighted by molar-refractivity contribution is 7.10. The first-order chi connectivity index (χ1) is 25.4. The van der Waals surface area contributed by atoms with Crippen LogP contribution in [-0.2, 0) is 21.9 Å². The number of nitrogens with zero attached hydrogens (tertiary/aromatic N) is 3. The summed E-state index contributed by atoms with van der Waals surface area (Å²) in [4.78, 5) is 45.6. The van der Waals surface area contributed by atoms with Gasteiger partial charge in [-0.25, -0.2) is 0 Å². The van der Waals surface area contributed by atoms with Crippen LogP contribution in [0, 0.1) is 5.41 Å². The monoisotopic (exact) mass is 779 g/mol. The Kier molecular flexibility index (Phi) is 11.8. The number of piperidine rings is 1. The Hall–Kier alpha value is -4.86. The minimum atomic E-state index is -4.92. The van der Waals surface area contributed by atoms with Gasteiger partial charge in [-0.3, -0.25) is 19.4 Å². The van der Waals surface area contributed by atoms with Crippen LogP contribution >= 0.6 is 11.3 Å². The normalized spacial score (nSPS) is 19.1. The van der Waals surface area contributed by atoms with Crippen LogP contribution in [0.2, 0.25) is 0 Å². The average Bonchev–Trinajstić information content (AvgIpc) is 3.61. The van der Waals surface area contributed by atoms with Crippen molar-refractivity contribution in [2.24, 2.45) is 5.41 Å². The zero-order valence-electron chi connectivity index (χ0n) is 29.7. The predicted octanol–water partition coefficient (Wildman–Crippen LogP) is 8.72. The van der Waals surface area contributed by atoms with Crippen molar-refractivity contribution in [3.05, 3.63) is 93.6 Å². The maximum atomic E-state index is 14.8. The molecule has 2 amide bonds. The number of likely N-dealkylation sites (tertiary alicyclic amines) is 1. The second-order valence-corrected chi connectivity index (χ2v) is 14.5. The molecule has 0 bridgehead atoms. The lowest BCUT2D eigenvalue weighted by molar-refractivity contribution is -0.148. The van der Waals surface area contributed by atoms with Crippen LogP contribution in [0.25, 0.3) is 5.57 Å². The lowest BCUT2D eigenvalue weighted by atomic mass is 9.85. The van der Waals surface area contributed by atoms with Gasteiger partial charge in [-0.1, -0.05) is 37.3 Å². The van der Waals surface area contributed by atoms with Crippen LogP contribution < -0.4 is 9.47 Å². The lowest BCUT2D eigenvalue weighted by Crippen LogP contribution is -2.61. The first-order valence-corrected chi connectivity index (χ1v) is 18.1. The van der Waals surface area contributed by atoms with Crippen molar-refractivity contribution in [3.63, 3.8) is 0 Å². The number of hydrogen-bond acceptors (Lipinski definition) is 7. The molecule has 0 unspecified atom stereocenters. The molecule has 290 valence electrons. The molecule has 1 atom stereocenters. The summed E-state index contributed by atoms with van der Waals surface area (Å²) >= 11 is 0.361. The molecule has 0 spiro atoms. The van der Waals surface area contributed by atoms with Gasteiger partial charge in [-0.2, -0.15) is 26.3 Å². The highest BCUT2D eigenvalue weighted by Crippen LogP contribution is 2.44.